The van der Waals surface area contributed by atoms with Crippen LogP contribution in [0.5, 0.6) is 5.75 Å². The van der Waals surface area contributed by atoms with Gasteiger partial charge in [-0.1, -0.05) is 46.3 Å². The number of hydrogen-bond acceptors (Lipinski definition) is 4. The van der Waals surface area contributed by atoms with Crippen LogP contribution in [0.15, 0.2) is 57.0 Å². The number of nitrogens with one attached hydrogen (secondary N) is 1. The predicted octanol–water partition coefficient (Wildman–Crippen LogP) is 4.85. The average molecular weight is 508 g/mol. The van der Waals surface area contributed by atoms with Crippen LogP contribution in [0.2, 0.25) is 0 Å². The zero-order valence-corrected chi connectivity index (χ0v) is 18.5. The van der Waals surface area contributed by atoms with E-state index in [2.05, 4.69) is 37.2 Å². The minimum absolute atomic E-state index is 0.00646. The molecule has 5 nitrogen and oxygen atoms in total. The topological polar surface area (TPSA) is 71.3 Å². The van der Waals surface area contributed by atoms with Crippen LogP contribution in [0.4, 0.5) is 0 Å². The van der Waals surface area contributed by atoms with Gasteiger partial charge in [-0.15, -0.1) is 0 Å². The van der Waals surface area contributed by atoms with E-state index in [0.29, 0.717) is 37.5 Å². The lowest BCUT2D eigenvalue weighted by Gasteiger charge is -2.13. The molecule has 0 atom stereocenters. The molecule has 2 aromatic carbocycles. The van der Waals surface area contributed by atoms with Gasteiger partial charge in [0.2, 0.25) is 0 Å². The molecule has 28 heavy (non-hydrogen) atoms. The van der Waals surface area contributed by atoms with Gasteiger partial charge in [-0.3, -0.25) is 4.79 Å². The van der Waals surface area contributed by atoms with Crippen LogP contribution in [-0.2, 0) is 16.1 Å². The quantitative estimate of drug-likeness (QED) is 0.299. The van der Waals surface area contributed by atoms with Crippen molar-refractivity contribution in [2.45, 2.75) is 13.0 Å². The number of nitrogens with zero attached hydrogens (tertiary/aromatic N) is 1. The highest BCUT2D eigenvalue weighted by Gasteiger charge is 2.14. The third-order valence-electron chi connectivity index (χ3n) is 3.74. The molecular weight excluding hydrogens is 488 g/mol. The Balaban J connectivity index is 2.23. The standard InChI is InChI=1S/C21H20Br2N2O3/c1-27-9-5-8-25-21(26)17(13-24)10-16-11-18(22)12-19(23)20(16)28-14-15-6-3-2-4-7-15/h2-4,6-7,10-12H,5,8-9,14H2,1H3,(H,25,26)/b17-10+. The third-order valence-corrected chi connectivity index (χ3v) is 4.79. The van der Waals surface area contributed by atoms with Crippen molar-refractivity contribution in [3.8, 4) is 11.8 Å². The molecule has 0 bridgehead atoms. The van der Waals surface area contributed by atoms with Crippen molar-refractivity contribution < 1.29 is 14.3 Å². The van der Waals surface area contributed by atoms with E-state index in [1.807, 2.05) is 42.5 Å². The summed E-state index contributed by atoms with van der Waals surface area (Å²) in [7, 11) is 1.60. The van der Waals surface area contributed by atoms with Crippen molar-refractivity contribution in [1.82, 2.24) is 5.32 Å². The molecule has 1 amide bonds. The molecule has 0 radical (unpaired) electrons. The van der Waals surface area contributed by atoms with Crippen LogP contribution in [0, 0.1) is 11.3 Å². The van der Waals surface area contributed by atoms with E-state index < -0.39 is 5.91 Å². The Bertz CT molecular complexity index is 877. The fourth-order valence-electron chi connectivity index (χ4n) is 2.39. The Morgan fingerprint density at radius 3 is 2.68 bits per heavy atom. The summed E-state index contributed by atoms with van der Waals surface area (Å²) in [5.41, 5.74) is 1.65. The lowest BCUT2D eigenvalue weighted by atomic mass is 10.1. The molecule has 2 rings (SSSR count). The average Bonchev–Trinajstić information content (AvgIpc) is 2.69. The molecule has 0 saturated carbocycles. The largest absolute Gasteiger partial charge is 0.487 e. The maximum Gasteiger partial charge on any atom is 0.261 e. The van der Waals surface area contributed by atoms with E-state index in [1.54, 1.807) is 13.2 Å². The number of carbonyl (C=O) groups excluding carboxylic acids is 1. The molecule has 2 aromatic rings. The van der Waals surface area contributed by atoms with Gasteiger partial charge < -0.3 is 14.8 Å². The van der Waals surface area contributed by atoms with E-state index in [-0.39, 0.29) is 5.57 Å². The number of benzene rings is 2. The van der Waals surface area contributed by atoms with Gasteiger partial charge in [-0.05, 0) is 46.1 Å². The van der Waals surface area contributed by atoms with Crippen molar-refractivity contribution >= 4 is 43.8 Å². The minimum Gasteiger partial charge on any atom is -0.487 e. The molecular formula is C21H20Br2N2O3. The molecule has 1 N–H and O–H groups in total. The van der Waals surface area contributed by atoms with Crippen molar-refractivity contribution in [3.63, 3.8) is 0 Å². The number of carbonyl (C=O) groups is 1. The molecule has 146 valence electrons. The van der Waals surface area contributed by atoms with Crippen LogP contribution in [0.1, 0.15) is 17.5 Å². The molecule has 0 aromatic heterocycles. The lowest BCUT2D eigenvalue weighted by Crippen LogP contribution is -2.26. The van der Waals surface area contributed by atoms with Gasteiger partial charge in [0.25, 0.3) is 5.91 Å². The van der Waals surface area contributed by atoms with Crippen molar-refractivity contribution in [2.75, 3.05) is 20.3 Å². The first-order valence-corrected chi connectivity index (χ1v) is 10.2. The monoisotopic (exact) mass is 506 g/mol. The molecule has 0 heterocycles. The van der Waals surface area contributed by atoms with Crippen LogP contribution in [0.3, 0.4) is 0 Å². The first-order valence-electron chi connectivity index (χ1n) is 8.60. The lowest BCUT2D eigenvalue weighted by molar-refractivity contribution is -0.117. The van der Waals surface area contributed by atoms with Gasteiger partial charge in [-0.2, -0.15) is 5.26 Å². The fourth-order valence-corrected chi connectivity index (χ4v) is 3.76. The fraction of sp³-hybridized carbons (Fsp3) is 0.238. The van der Waals surface area contributed by atoms with Crippen LogP contribution in [-0.4, -0.2) is 26.2 Å². The van der Waals surface area contributed by atoms with Gasteiger partial charge in [0.15, 0.2) is 0 Å². The SMILES string of the molecule is COCCCNC(=O)/C(C#N)=C/c1cc(Br)cc(Br)c1OCc1ccccc1. The summed E-state index contributed by atoms with van der Waals surface area (Å²) in [5, 5.41) is 12.2. The zero-order valence-electron chi connectivity index (χ0n) is 15.4. The first-order chi connectivity index (χ1) is 13.5. The molecule has 0 saturated heterocycles. The number of hydrogen-bond donors (Lipinski definition) is 1. The molecule has 0 spiro atoms. The Kier molecular flexibility index (Phi) is 9.21. The molecule has 0 unspecified atom stereocenters. The number of rotatable bonds is 9. The van der Waals surface area contributed by atoms with Crippen LogP contribution >= 0.6 is 31.9 Å². The smallest absolute Gasteiger partial charge is 0.261 e. The highest BCUT2D eigenvalue weighted by Crippen LogP contribution is 2.35. The molecule has 0 fully saturated rings. The maximum absolute atomic E-state index is 12.3. The first kappa shape index (κ1) is 22.2. The summed E-state index contributed by atoms with van der Waals surface area (Å²) < 4.78 is 12.5. The summed E-state index contributed by atoms with van der Waals surface area (Å²) >= 11 is 6.94. The van der Waals surface area contributed by atoms with Crippen molar-refractivity contribution in [1.29, 1.82) is 5.26 Å². The number of methoxy groups -OCH3 is 1. The van der Waals surface area contributed by atoms with Crippen molar-refractivity contribution in [3.05, 3.63) is 68.1 Å². The van der Waals surface area contributed by atoms with Crippen molar-refractivity contribution in [2.24, 2.45) is 0 Å². The van der Waals surface area contributed by atoms with E-state index >= 15 is 0 Å². The number of nitriles is 1. The van der Waals surface area contributed by atoms with Crippen LogP contribution < -0.4 is 10.1 Å². The van der Waals surface area contributed by atoms with E-state index in [1.165, 1.54) is 6.08 Å². The van der Waals surface area contributed by atoms with E-state index in [4.69, 9.17) is 9.47 Å². The zero-order chi connectivity index (χ0) is 20.4. The third kappa shape index (κ3) is 6.79. The summed E-state index contributed by atoms with van der Waals surface area (Å²) in [6.45, 7) is 1.35. The number of halogens is 2. The summed E-state index contributed by atoms with van der Waals surface area (Å²) in [6, 6.07) is 15.4. The van der Waals surface area contributed by atoms with E-state index in [9.17, 15) is 10.1 Å². The second-order valence-electron chi connectivity index (χ2n) is 5.85. The molecule has 7 heteroatoms. The van der Waals surface area contributed by atoms with Gasteiger partial charge in [-0.25, -0.2) is 0 Å². The Hall–Kier alpha value is -2.14. The summed E-state index contributed by atoms with van der Waals surface area (Å²) in [6.07, 6.45) is 2.20. The highest BCUT2D eigenvalue weighted by molar-refractivity contribution is 9.11. The minimum atomic E-state index is -0.427. The van der Waals surface area contributed by atoms with Gasteiger partial charge in [0.05, 0.1) is 4.47 Å². The summed E-state index contributed by atoms with van der Waals surface area (Å²) in [5.74, 6) is 0.135. The van der Waals surface area contributed by atoms with Gasteiger partial charge in [0.1, 0.15) is 24.0 Å². The number of ether oxygens (including phenoxy) is 2. The second-order valence-corrected chi connectivity index (χ2v) is 7.62. The van der Waals surface area contributed by atoms with E-state index in [0.717, 1.165) is 14.5 Å². The Labute approximate surface area is 181 Å². The molecule has 0 aliphatic heterocycles. The second kappa shape index (κ2) is 11.6. The molecule has 0 aliphatic rings. The number of amides is 1. The van der Waals surface area contributed by atoms with Gasteiger partial charge in [0, 0.05) is 30.3 Å². The predicted molar refractivity (Wildman–Crippen MR) is 116 cm³/mol. The molecule has 0 aliphatic carbocycles. The Morgan fingerprint density at radius 1 is 1.25 bits per heavy atom. The van der Waals surface area contributed by atoms with Gasteiger partial charge >= 0.3 is 0 Å². The maximum atomic E-state index is 12.3. The van der Waals surface area contributed by atoms with Crippen LogP contribution in [0.25, 0.3) is 6.08 Å². The highest BCUT2D eigenvalue weighted by atomic mass is 79.9. The Morgan fingerprint density at radius 2 is 2.00 bits per heavy atom. The summed E-state index contributed by atoms with van der Waals surface area (Å²) in [4.78, 5) is 12.3. The normalized spacial score (nSPS) is 11.0.